The maximum Gasteiger partial charge on any atom is 0.279 e. The SMILES string of the molecule is CC[NH+](CC(=O)Nc1cc(Cl)ccc1C)CC(=O)NC1CC1. The molecule has 0 heterocycles. The molecule has 1 atom stereocenters. The Morgan fingerprint density at radius 1 is 1.27 bits per heavy atom. The zero-order valence-corrected chi connectivity index (χ0v) is 13.8. The van der Waals surface area contributed by atoms with E-state index in [9.17, 15) is 9.59 Å². The zero-order valence-electron chi connectivity index (χ0n) is 13.0. The van der Waals surface area contributed by atoms with Gasteiger partial charge in [-0.2, -0.15) is 0 Å². The molecular formula is C16H23ClN3O2+. The second-order valence-electron chi connectivity index (χ2n) is 5.81. The molecule has 5 nitrogen and oxygen atoms in total. The number of carbonyl (C=O) groups excluding carboxylic acids is 2. The van der Waals surface area contributed by atoms with Gasteiger partial charge in [0.1, 0.15) is 0 Å². The number of carbonyl (C=O) groups is 2. The summed E-state index contributed by atoms with van der Waals surface area (Å²) in [5, 5.41) is 6.40. The first kappa shape index (κ1) is 16.8. The van der Waals surface area contributed by atoms with Crippen molar-refractivity contribution >= 4 is 29.1 Å². The summed E-state index contributed by atoms with van der Waals surface area (Å²) in [6.45, 7) is 5.20. The quantitative estimate of drug-likeness (QED) is 0.694. The lowest BCUT2D eigenvalue weighted by molar-refractivity contribution is -0.881. The molecule has 1 fully saturated rings. The minimum atomic E-state index is -0.110. The second kappa shape index (κ2) is 7.61. The fraction of sp³-hybridized carbons (Fsp3) is 0.500. The Labute approximate surface area is 136 Å². The minimum absolute atomic E-state index is 0.0195. The van der Waals surface area contributed by atoms with E-state index in [2.05, 4.69) is 10.6 Å². The van der Waals surface area contributed by atoms with Crippen molar-refractivity contribution in [2.75, 3.05) is 25.0 Å². The van der Waals surface area contributed by atoms with Gasteiger partial charge >= 0.3 is 0 Å². The molecular weight excluding hydrogens is 302 g/mol. The summed E-state index contributed by atoms with van der Waals surface area (Å²) in [4.78, 5) is 24.9. The molecule has 0 spiro atoms. The van der Waals surface area contributed by atoms with Crippen molar-refractivity contribution in [1.29, 1.82) is 0 Å². The van der Waals surface area contributed by atoms with Gasteiger partial charge in [0.25, 0.3) is 11.8 Å². The van der Waals surface area contributed by atoms with Gasteiger partial charge < -0.3 is 15.5 Å². The number of rotatable bonds is 7. The Kier molecular flexibility index (Phi) is 5.80. The third-order valence-electron chi connectivity index (χ3n) is 3.74. The highest BCUT2D eigenvalue weighted by Crippen LogP contribution is 2.20. The number of hydrogen-bond acceptors (Lipinski definition) is 2. The van der Waals surface area contributed by atoms with E-state index < -0.39 is 0 Å². The largest absolute Gasteiger partial charge is 0.348 e. The topological polar surface area (TPSA) is 62.6 Å². The van der Waals surface area contributed by atoms with E-state index in [4.69, 9.17) is 11.6 Å². The summed E-state index contributed by atoms with van der Waals surface area (Å²) in [5.74, 6) is -0.0903. The molecule has 2 rings (SSSR count). The lowest BCUT2D eigenvalue weighted by atomic mass is 10.2. The van der Waals surface area contributed by atoms with Crippen molar-refractivity contribution in [2.24, 2.45) is 0 Å². The van der Waals surface area contributed by atoms with Crippen LogP contribution in [0.4, 0.5) is 5.69 Å². The molecule has 1 aliphatic rings. The van der Waals surface area contributed by atoms with Crippen molar-refractivity contribution in [3.8, 4) is 0 Å². The summed E-state index contributed by atoms with van der Waals surface area (Å²) < 4.78 is 0. The van der Waals surface area contributed by atoms with Gasteiger partial charge in [-0.15, -0.1) is 0 Å². The number of anilines is 1. The number of aryl methyl sites for hydroxylation is 1. The molecule has 0 bridgehead atoms. The Morgan fingerprint density at radius 2 is 1.95 bits per heavy atom. The van der Waals surface area contributed by atoms with Crippen molar-refractivity contribution in [3.63, 3.8) is 0 Å². The van der Waals surface area contributed by atoms with Crippen LogP contribution in [-0.2, 0) is 9.59 Å². The number of likely N-dealkylation sites (N-methyl/N-ethyl adjacent to an activating group) is 1. The maximum atomic E-state index is 12.2. The van der Waals surface area contributed by atoms with E-state index in [-0.39, 0.29) is 18.4 Å². The molecule has 0 aliphatic heterocycles. The average molecular weight is 325 g/mol. The molecule has 0 saturated heterocycles. The van der Waals surface area contributed by atoms with E-state index in [1.54, 1.807) is 12.1 Å². The first-order chi connectivity index (χ1) is 10.5. The molecule has 3 N–H and O–H groups in total. The normalized spacial score (nSPS) is 15.2. The van der Waals surface area contributed by atoms with Crippen LogP contribution in [0.1, 0.15) is 25.3 Å². The van der Waals surface area contributed by atoms with Crippen molar-refractivity contribution in [1.82, 2.24) is 5.32 Å². The molecule has 1 saturated carbocycles. The van der Waals surface area contributed by atoms with E-state index >= 15 is 0 Å². The van der Waals surface area contributed by atoms with Crippen molar-refractivity contribution < 1.29 is 14.5 Å². The standard InChI is InChI=1S/C16H22ClN3O2/c1-3-20(9-15(21)18-13-6-7-13)10-16(22)19-14-8-12(17)5-4-11(14)2/h4-5,8,13H,3,6-7,9-10H2,1-2H3,(H,18,21)(H,19,22)/p+1. The molecule has 1 aliphatic carbocycles. The molecule has 120 valence electrons. The van der Waals surface area contributed by atoms with Gasteiger partial charge in [0.05, 0.1) is 6.54 Å². The number of benzene rings is 1. The summed E-state index contributed by atoms with van der Waals surface area (Å²) in [5.41, 5.74) is 1.68. The van der Waals surface area contributed by atoms with E-state index in [1.165, 1.54) is 0 Å². The van der Waals surface area contributed by atoms with Crippen LogP contribution in [0.2, 0.25) is 5.02 Å². The van der Waals surface area contributed by atoms with E-state index in [0.29, 0.717) is 17.6 Å². The predicted octanol–water partition coefficient (Wildman–Crippen LogP) is 0.770. The van der Waals surface area contributed by atoms with Crippen LogP contribution >= 0.6 is 11.6 Å². The highest BCUT2D eigenvalue weighted by molar-refractivity contribution is 6.31. The summed E-state index contributed by atoms with van der Waals surface area (Å²) in [7, 11) is 0. The number of halogens is 1. The van der Waals surface area contributed by atoms with E-state index in [1.807, 2.05) is 19.9 Å². The average Bonchev–Trinajstić information content (AvgIpc) is 3.25. The third kappa shape index (κ3) is 5.31. The van der Waals surface area contributed by atoms with Crippen LogP contribution < -0.4 is 15.5 Å². The Hall–Kier alpha value is -1.59. The van der Waals surface area contributed by atoms with Gasteiger partial charge in [0.15, 0.2) is 13.1 Å². The molecule has 1 unspecified atom stereocenters. The number of quaternary nitrogens is 1. The fourth-order valence-electron chi connectivity index (χ4n) is 2.20. The maximum absolute atomic E-state index is 12.2. The highest BCUT2D eigenvalue weighted by atomic mass is 35.5. The van der Waals surface area contributed by atoms with Gasteiger partial charge in [-0.25, -0.2) is 0 Å². The smallest absolute Gasteiger partial charge is 0.279 e. The fourth-order valence-corrected chi connectivity index (χ4v) is 2.37. The van der Waals surface area contributed by atoms with Crippen LogP contribution in [0.3, 0.4) is 0 Å². The molecule has 1 aromatic carbocycles. The van der Waals surface area contributed by atoms with Gasteiger partial charge in [0.2, 0.25) is 0 Å². The number of amides is 2. The number of nitrogens with one attached hydrogen (secondary N) is 3. The Bertz CT molecular complexity index is 558. The summed E-state index contributed by atoms with van der Waals surface area (Å²) >= 11 is 5.95. The van der Waals surface area contributed by atoms with Crippen molar-refractivity contribution in [2.45, 2.75) is 32.7 Å². The molecule has 1 aromatic rings. The zero-order chi connectivity index (χ0) is 16.1. The number of hydrogen-bond donors (Lipinski definition) is 3. The summed E-state index contributed by atoms with van der Waals surface area (Å²) in [6.07, 6.45) is 2.14. The van der Waals surface area contributed by atoms with Crippen LogP contribution in [0.5, 0.6) is 0 Å². The molecule has 2 amide bonds. The van der Waals surface area contributed by atoms with Crippen LogP contribution in [0.15, 0.2) is 18.2 Å². The molecule has 22 heavy (non-hydrogen) atoms. The van der Waals surface area contributed by atoms with E-state index in [0.717, 1.165) is 35.5 Å². The Balaban J connectivity index is 1.85. The predicted molar refractivity (Wildman–Crippen MR) is 87.2 cm³/mol. The first-order valence-corrected chi connectivity index (χ1v) is 8.04. The second-order valence-corrected chi connectivity index (χ2v) is 6.24. The summed E-state index contributed by atoms with van der Waals surface area (Å²) in [6, 6.07) is 5.75. The van der Waals surface area contributed by atoms with Crippen molar-refractivity contribution in [3.05, 3.63) is 28.8 Å². The molecule has 6 heteroatoms. The highest BCUT2D eigenvalue weighted by Gasteiger charge is 2.25. The van der Waals surface area contributed by atoms with Crippen LogP contribution in [0, 0.1) is 6.92 Å². The van der Waals surface area contributed by atoms with Crippen LogP contribution in [0.25, 0.3) is 0 Å². The van der Waals surface area contributed by atoms with Gasteiger partial charge in [-0.1, -0.05) is 17.7 Å². The molecule has 0 radical (unpaired) electrons. The van der Waals surface area contributed by atoms with Gasteiger partial charge in [-0.3, -0.25) is 9.59 Å². The van der Waals surface area contributed by atoms with Gasteiger partial charge in [-0.05, 0) is 44.4 Å². The van der Waals surface area contributed by atoms with Gasteiger partial charge in [0, 0.05) is 16.8 Å². The lowest BCUT2D eigenvalue weighted by Crippen LogP contribution is -3.14. The third-order valence-corrected chi connectivity index (χ3v) is 3.97. The minimum Gasteiger partial charge on any atom is -0.348 e. The van der Waals surface area contributed by atoms with Crippen LogP contribution in [-0.4, -0.2) is 37.5 Å². The molecule has 0 aromatic heterocycles. The first-order valence-electron chi connectivity index (χ1n) is 7.67. The monoisotopic (exact) mass is 324 g/mol. The lowest BCUT2D eigenvalue weighted by Gasteiger charge is -2.17. The Morgan fingerprint density at radius 3 is 2.59 bits per heavy atom.